The maximum atomic E-state index is 12.4. The number of hydrogen-bond donors (Lipinski definition) is 2. The minimum absolute atomic E-state index is 0.155. The van der Waals surface area contributed by atoms with Crippen molar-refractivity contribution in [3.63, 3.8) is 0 Å². The first-order chi connectivity index (χ1) is 13.9. The largest absolute Gasteiger partial charge is 0.355 e. The molecule has 2 atom stereocenters. The number of hydrogen-bond acceptors (Lipinski definition) is 4. The van der Waals surface area contributed by atoms with Crippen LogP contribution in [0.25, 0.3) is 0 Å². The van der Waals surface area contributed by atoms with Crippen molar-refractivity contribution in [3.8, 4) is 0 Å². The first-order valence-corrected chi connectivity index (χ1v) is 11.4. The number of imidazole rings is 1. The van der Waals surface area contributed by atoms with Gasteiger partial charge in [-0.3, -0.25) is 4.99 Å². The summed E-state index contributed by atoms with van der Waals surface area (Å²) in [6.07, 6.45) is 6.69. The van der Waals surface area contributed by atoms with E-state index in [1.165, 1.54) is 12.1 Å². The van der Waals surface area contributed by atoms with Crippen LogP contribution in [0.1, 0.15) is 19.4 Å². The third-order valence-corrected chi connectivity index (χ3v) is 6.84. The monoisotopic (exact) mass is 438 g/mol. The van der Waals surface area contributed by atoms with Crippen LogP contribution >= 0.6 is 11.6 Å². The number of nitrogens with one attached hydrogen (secondary N) is 2. The van der Waals surface area contributed by atoms with Crippen LogP contribution in [0.4, 0.5) is 0 Å². The summed E-state index contributed by atoms with van der Waals surface area (Å²) in [5, 5.41) is 3.64. The molecular formula is C19H27ClN6O2S. The average Bonchev–Trinajstić information content (AvgIpc) is 3.23. The predicted molar refractivity (Wildman–Crippen MR) is 115 cm³/mol. The van der Waals surface area contributed by atoms with Crippen LogP contribution in [-0.2, 0) is 10.0 Å². The van der Waals surface area contributed by atoms with Crippen molar-refractivity contribution in [2.75, 3.05) is 33.2 Å². The molecule has 1 aromatic heterocycles. The van der Waals surface area contributed by atoms with Crippen molar-refractivity contribution in [3.05, 3.63) is 48.0 Å². The number of rotatable bonds is 6. The lowest BCUT2D eigenvalue weighted by Gasteiger charge is -2.39. The molecule has 8 nitrogen and oxygen atoms in total. The van der Waals surface area contributed by atoms with E-state index in [9.17, 15) is 8.42 Å². The van der Waals surface area contributed by atoms with Crippen LogP contribution in [0, 0.1) is 5.92 Å². The Morgan fingerprint density at radius 3 is 2.90 bits per heavy atom. The zero-order valence-corrected chi connectivity index (χ0v) is 18.2. The standard InChI is InChI=1S/C19H27ClN6O2S/c1-15-6-10-25(13-18(15)26-11-9-22-14-26)19(21-2)23-7-8-24-29(27,28)17-5-3-4-16(20)12-17/h3-5,9,11-12,14-15,18,24H,6-8,10,13H2,1-2H3,(H,21,23). The Labute approximate surface area is 177 Å². The number of nitrogens with zero attached hydrogens (tertiary/aromatic N) is 4. The highest BCUT2D eigenvalue weighted by molar-refractivity contribution is 7.89. The molecule has 1 aliphatic rings. The summed E-state index contributed by atoms with van der Waals surface area (Å²) in [6, 6.07) is 6.53. The van der Waals surface area contributed by atoms with Gasteiger partial charge in [0, 0.05) is 50.6 Å². The van der Waals surface area contributed by atoms with E-state index in [0.717, 1.165) is 25.5 Å². The van der Waals surface area contributed by atoms with Crippen LogP contribution < -0.4 is 10.0 Å². The van der Waals surface area contributed by atoms with Gasteiger partial charge < -0.3 is 14.8 Å². The van der Waals surface area contributed by atoms with Gasteiger partial charge in [0.15, 0.2) is 5.96 Å². The van der Waals surface area contributed by atoms with Crippen LogP contribution in [0.2, 0.25) is 5.02 Å². The number of guanidine groups is 1. The molecule has 0 amide bonds. The first kappa shape index (κ1) is 21.6. The van der Waals surface area contributed by atoms with Gasteiger partial charge in [-0.05, 0) is 30.5 Å². The van der Waals surface area contributed by atoms with Gasteiger partial charge in [-0.25, -0.2) is 18.1 Å². The summed E-state index contributed by atoms with van der Waals surface area (Å²) < 4.78 is 29.5. The lowest BCUT2D eigenvalue weighted by molar-refractivity contribution is 0.189. The van der Waals surface area contributed by atoms with Crippen LogP contribution in [0.5, 0.6) is 0 Å². The number of aromatic nitrogens is 2. The van der Waals surface area contributed by atoms with E-state index >= 15 is 0 Å². The molecule has 2 heterocycles. The second-order valence-electron chi connectivity index (χ2n) is 7.12. The fourth-order valence-corrected chi connectivity index (χ4v) is 4.84. The molecule has 2 unspecified atom stereocenters. The number of piperidine rings is 1. The topological polar surface area (TPSA) is 91.6 Å². The fourth-order valence-electron chi connectivity index (χ4n) is 3.50. The first-order valence-electron chi connectivity index (χ1n) is 9.59. The lowest BCUT2D eigenvalue weighted by atomic mass is 9.93. The maximum absolute atomic E-state index is 12.4. The third-order valence-electron chi connectivity index (χ3n) is 5.14. The molecular weight excluding hydrogens is 412 g/mol. The van der Waals surface area contributed by atoms with Crippen molar-refractivity contribution in [1.29, 1.82) is 0 Å². The molecule has 1 saturated heterocycles. The third kappa shape index (κ3) is 5.49. The van der Waals surface area contributed by atoms with E-state index < -0.39 is 10.0 Å². The van der Waals surface area contributed by atoms with Crippen LogP contribution in [0.3, 0.4) is 0 Å². The molecule has 1 aromatic carbocycles. The molecule has 1 fully saturated rings. The van der Waals surface area contributed by atoms with E-state index in [-0.39, 0.29) is 11.4 Å². The SMILES string of the molecule is CN=C(NCCNS(=O)(=O)c1cccc(Cl)c1)N1CCC(C)C(n2ccnc2)C1. The molecule has 2 aromatic rings. The Hall–Kier alpha value is -2.10. The zero-order valence-electron chi connectivity index (χ0n) is 16.6. The summed E-state index contributed by atoms with van der Waals surface area (Å²) >= 11 is 5.89. The van der Waals surface area contributed by atoms with Gasteiger partial charge in [0.05, 0.1) is 17.3 Å². The number of halogens is 1. The van der Waals surface area contributed by atoms with Crippen molar-refractivity contribution < 1.29 is 8.42 Å². The van der Waals surface area contributed by atoms with Crippen molar-refractivity contribution in [2.45, 2.75) is 24.3 Å². The fraction of sp³-hybridized carbons (Fsp3) is 0.474. The van der Waals surface area contributed by atoms with Gasteiger partial charge in [-0.15, -0.1) is 0 Å². The maximum Gasteiger partial charge on any atom is 0.240 e. The highest BCUT2D eigenvalue weighted by Crippen LogP contribution is 2.27. The van der Waals surface area contributed by atoms with Crippen molar-refractivity contribution >= 4 is 27.6 Å². The number of aliphatic imine (C=N–C) groups is 1. The molecule has 3 rings (SSSR count). The van der Waals surface area contributed by atoms with Gasteiger partial charge in [0.2, 0.25) is 10.0 Å². The lowest BCUT2D eigenvalue weighted by Crippen LogP contribution is -2.50. The van der Waals surface area contributed by atoms with E-state index in [4.69, 9.17) is 11.6 Å². The van der Waals surface area contributed by atoms with Gasteiger partial charge in [0.1, 0.15) is 0 Å². The number of benzene rings is 1. The van der Waals surface area contributed by atoms with Gasteiger partial charge >= 0.3 is 0 Å². The van der Waals surface area contributed by atoms with Crippen molar-refractivity contribution in [1.82, 2.24) is 24.5 Å². The van der Waals surface area contributed by atoms with Crippen LogP contribution in [-0.4, -0.2) is 62.1 Å². The Balaban J connectivity index is 1.53. The molecule has 10 heteroatoms. The molecule has 0 bridgehead atoms. The smallest absolute Gasteiger partial charge is 0.240 e. The van der Waals surface area contributed by atoms with Gasteiger partial charge in [-0.2, -0.15) is 0 Å². The molecule has 1 aliphatic heterocycles. The van der Waals surface area contributed by atoms with Crippen molar-refractivity contribution in [2.24, 2.45) is 10.9 Å². The van der Waals surface area contributed by atoms with Gasteiger partial charge in [0.25, 0.3) is 0 Å². The quantitative estimate of drug-likeness (QED) is 0.408. The van der Waals surface area contributed by atoms with E-state index in [1.807, 2.05) is 12.5 Å². The molecule has 29 heavy (non-hydrogen) atoms. The molecule has 0 spiro atoms. The number of likely N-dealkylation sites (tertiary alicyclic amines) is 1. The summed E-state index contributed by atoms with van der Waals surface area (Å²) in [4.78, 5) is 10.9. The Kier molecular flexibility index (Phi) is 7.15. The van der Waals surface area contributed by atoms with Crippen LogP contribution in [0.15, 0.2) is 52.9 Å². The molecule has 0 radical (unpaired) electrons. The van der Waals surface area contributed by atoms with E-state index in [0.29, 0.717) is 23.5 Å². The summed E-state index contributed by atoms with van der Waals surface area (Å²) in [7, 11) is -1.86. The minimum Gasteiger partial charge on any atom is -0.355 e. The highest BCUT2D eigenvalue weighted by Gasteiger charge is 2.28. The molecule has 0 saturated carbocycles. The van der Waals surface area contributed by atoms with E-state index in [2.05, 4.69) is 36.4 Å². The Morgan fingerprint density at radius 2 is 2.21 bits per heavy atom. The normalized spacial score (nSPS) is 20.7. The van der Waals surface area contributed by atoms with E-state index in [1.54, 1.807) is 25.4 Å². The highest BCUT2D eigenvalue weighted by atomic mass is 35.5. The Morgan fingerprint density at radius 1 is 1.38 bits per heavy atom. The predicted octanol–water partition coefficient (Wildman–Crippen LogP) is 1.97. The number of sulfonamides is 1. The van der Waals surface area contributed by atoms with Gasteiger partial charge in [-0.1, -0.05) is 24.6 Å². The second-order valence-corrected chi connectivity index (χ2v) is 9.32. The zero-order chi connectivity index (χ0) is 20.9. The Bertz CT molecular complexity index is 932. The molecule has 0 aliphatic carbocycles. The molecule has 2 N–H and O–H groups in total. The average molecular weight is 439 g/mol. The molecule has 158 valence electrons. The summed E-state index contributed by atoms with van der Waals surface area (Å²) in [6.45, 7) is 4.64. The minimum atomic E-state index is -3.60. The summed E-state index contributed by atoms with van der Waals surface area (Å²) in [5.41, 5.74) is 0. The summed E-state index contributed by atoms with van der Waals surface area (Å²) in [5.74, 6) is 1.31. The second kappa shape index (κ2) is 9.60.